The first-order chi connectivity index (χ1) is 11.2. The van der Waals surface area contributed by atoms with Crippen molar-refractivity contribution in [2.75, 3.05) is 12.9 Å². The van der Waals surface area contributed by atoms with Crippen molar-refractivity contribution < 1.29 is 14.6 Å². The number of hydrogen-bond donors (Lipinski definition) is 2. The molecule has 6 heteroatoms. The summed E-state index contributed by atoms with van der Waals surface area (Å²) in [5.74, 6) is 1.80. The van der Waals surface area contributed by atoms with E-state index in [-0.39, 0.29) is 11.7 Å². The van der Waals surface area contributed by atoms with Crippen molar-refractivity contribution in [1.82, 2.24) is 5.43 Å². The monoisotopic (exact) mass is 330 g/mol. The van der Waals surface area contributed by atoms with E-state index in [9.17, 15) is 9.90 Å². The van der Waals surface area contributed by atoms with E-state index in [4.69, 9.17) is 4.74 Å². The van der Waals surface area contributed by atoms with E-state index in [1.807, 2.05) is 24.3 Å². The van der Waals surface area contributed by atoms with Crippen molar-refractivity contribution in [1.29, 1.82) is 0 Å². The van der Waals surface area contributed by atoms with Crippen LogP contribution in [0.2, 0.25) is 0 Å². The molecule has 0 aliphatic carbocycles. The van der Waals surface area contributed by atoms with Crippen LogP contribution in [0.4, 0.5) is 0 Å². The molecule has 0 unspecified atom stereocenters. The number of rotatable bonds is 7. The highest BCUT2D eigenvalue weighted by Crippen LogP contribution is 2.16. The molecule has 0 aromatic heterocycles. The second kappa shape index (κ2) is 8.85. The quantitative estimate of drug-likeness (QED) is 0.605. The molecule has 23 heavy (non-hydrogen) atoms. The smallest absolute Gasteiger partial charge is 0.250 e. The number of hydrazone groups is 1. The normalized spacial score (nSPS) is 10.7. The van der Waals surface area contributed by atoms with Crippen LogP contribution < -0.4 is 10.2 Å². The molecule has 0 radical (unpaired) electrons. The first-order valence-electron chi connectivity index (χ1n) is 6.99. The van der Waals surface area contributed by atoms with Crippen molar-refractivity contribution in [2.24, 2.45) is 5.10 Å². The number of amides is 1. The maximum absolute atomic E-state index is 11.7. The van der Waals surface area contributed by atoms with Crippen LogP contribution in [-0.2, 0) is 10.5 Å². The number of benzene rings is 2. The Morgan fingerprint density at radius 2 is 2.00 bits per heavy atom. The third-order valence-corrected chi connectivity index (χ3v) is 3.99. The highest BCUT2D eigenvalue weighted by molar-refractivity contribution is 7.99. The zero-order valence-corrected chi connectivity index (χ0v) is 13.5. The second-order valence-corrected chi connectivity index (χ2v) is 5.68. The maximum Gasteiger partial charge on any atom is 0.250 e. The standard InChI is InChI=1S/C17H18N2O3S/c1-22-15-8-6-13(7-9-15)11-23-12-17(21)19-18-10-14-4-2-3-5-16(14)20/h2-10,20H,11-12H2,1H3,(H,19,21)/b18-10-. The van der Waals surface area contributed by atoms with E-state index in [2.05, 4.69) is 10.5 Å². The molecule has 2 N–H and O–H groups in total. The molecule has 1 amide bonds. The first kappa shape index (κ1) is 16.9. The number of carbonyl (C=O) groups is 1. The predicted octanol–water partition coefficient (Wildman–Crippen LogP) is 2.78. The Morgan fingerprint density at radius 1 is 1.26 bits per heavy atom. The number of aromatic hydroxyl groups is 1. The van der Waals surface area contributed by atoms with Crippen molar-refractivity contribution in [3.63, 3.8) is 0 Å². The SMILES string of the molecule is COc1ccc(CSCC(=O)N/N=C\c2ccccc2O)cc1. The van der Waals surface area contributed by atoms with E-state index in [0.29, 0.717) is 11.3 Å². The molecule has 5 nitrogen and oxygen atoms in total. The van der Waals surface area contributed by atoms with Gasteiger partial charge in [0.25, 0.3) is 0 Å². The number of hydrogen-bond acceptors (Lipinski definition) is 5. The molecule has 0 fully saturated rings. The molecule has 0 saturated carbocycles. The number of phenols is 1. The molecule has 0 aliphatic rings. The second-order valence-electron chi connectivity index (χ2n) is 4.69. The number of para-hydroxylation sites is 1. The van der Waals surface area contributed by atoms with Gasteiger partial charge >= 0.3 is 0 Å². The third kappa shape index (κ3) is 5.67. The summed E-state index contributed by atoms with van der Waals surface area (Å²) in [7, 11) is 1.63. The van der Waals surface area contributed by atoms with Crippen LogP contribution in [0.1, 0.15) is 11.1 Å². The number of ether oxygens (including phenoxy) is 1. The molecule has 2 rings (SSSR count). The molecular formula is C17H18N2O3S. The topological polar surface area (TPSA) is 70.9 Å². The molecule has 2 aromatic rings. The lowest BCUT2D eigenvalue weighted by atomic mass is 10.2. The van der Waals surface area contributed by atoms with Crippen LogP contribution in [-0.4, -0.2) is 30.1 Å². The van der Waals surface area contributed by atoms with Gasteiger partial charge in [0.05, 0.1) is 19.1 Å². The number of nitrogens with one attached hydrogen (secondary N) is 1. The van der Waals surface area contributed by atoms with Gasteiger partial charge in [0, 0.05) is 11.3 Å². The van der Waals surface area contributed by atoms with Crippen LogP contribution in [0.15, 0.2) is 53.6 Å². The Balaban J connectivity index is 1.71. The Bertz CT molecular complexity index is 672. The Kier molecular flexibility index (Phi) is 6.50. The number of thioether (sulfide) groups is 1. The van der Waals surface area contributed by atoms with E-state index >= 15 is 0 Å². The number of methoxy groups -OCH3 is 1. The molecule has 0 bridgehead atoms. The molecule has 0 spiro atoms. The number of nitrogens with zero attached hydrogens (tertiary/aromatic N) is 1. The molecule has 2 aromatic carbocycles. The lowest BCUT2D eigenvalue weighted by molar-refractivity contribution is -0.118. The Morgan fingerprint density at radius 3 is 2.70 bits per heavy atom. The van der Waals surface area contributed by atoms with Gasteiger partial charge in [-0.15, -0.1) is 11.8 Å². The summed E-state index contributed by atoms with van der Waals surface area (Å²) in [4.78, 5) is 11.7. The summed E-state index contributed by atoms with van der Waals surface area (Å²) >= 11 is 1.50. The Hall–Kier alpha value is -2.47. The first-order valence-corrected chi connectivity index (χ1v) is 8.15. The van der Waals surface area contributed by atoms with Crippen LogP contribution >= 0.6 is 11.8 Å². The fraction of sp³-hybridized carbons (Fsp3) is 0.176. The molecule has 0 atom stereocenters. The van der Waals surface area contributed by atoms with Gasteiger partial charge < -0.3 is 9.84 Å². The van der Waals surface area contributed by atoms with Crippen molar-refractivity contribution >= 4 is 23.9 Å². The van der Waals surface area contributed by atoms with Crippen LogP contribution in [0.3, 0.4) is 0 Å². The van der Waals surface area contributed by atoms with Crippen LogP contribution in [0, 0.1) is 0 Å². The number of phenolic OH excluding ortho intramolecular Hbond substituents is 1. The minimum absolute atomic E-state index is 0.124. The average Bonchev–Trinajstić information content (AvgIpc) is 2.57. The van der Waals surface area contributed by atoms with Crippen molar-refractivity contribution in [3.05, 3.63) is 59.7 Å². The summed E-state index contributed by atoms with van der Waals surface area (Å²) in [5.41, 5.74) is 4.12. The predicted molar refractivity (Wildman–Crippen MR) is 93.0 cm³/mol. The minimum atomic E-state index is -0.185. The Labute approximate surface area is 139 Å². The molecule has 0 heterocycles. The van der Waals surface area contributed by atoms with Gasteiger partial charge in [-0.05, 0) is 29.8 Å². The van der Waals surface area contributed by atoms with Gasteiger partial charge in [0.1, 0.15) is 11.5 Å². The van der Waals surface area contributed by atoms with Gasteiger partial charge in [-0.25, -0.2) is 5.43 Å². The van der Waals surface area contributed by atoms with Crippen LogP contribution in [0.25, 0.3) is 0 Å². The summed E-state index contributed by atoms with van der Waals surface area (Å²) in [6.07, 6.45) is 1.42. The van der Waals surface area contributed by atoms with Gasteiger partial charge in [0.15, 0.2) is 0 Å². The molecular weight excluding hydrogens is 312 g/mol. The van der Waals surface area contributed by atoms with Crippen molar-refractivity contribution in [3.8, 4) is 11.5 Å². The van der Waals surface area contributed by atoms with Gasteiger partial charge in [0.2, 0.25) is 5.91 Å². The van der Waals surface area contributed by atoms with Gasteiger partial charge in [-0.3, -0.25) is 4.79 Å². The summed E-state index contributed by atoms with van der Waals surface area (Å²) in [5, 5.41) is 13.4. The van der Waals surface area contributed by atoms with Gasteiger partial charge in [-0.1, -0.05) is 24.3 Å². The van der Waals surface area contributed by atoms with E-state index < -0.39 is 0 Å². The average molecular weight is 330 g/mol. The summed E-state index contributed by atoms with van der Waals surface area (Å²) < 4.78 is 5.10. The van der Waals surface area contributed by atoms with E-state index in [0.717, 1.165) is 17.1 Å². The zero-order chi connectivity index (χ0) is 16.5. The molecule has 0 saturated heterocycles. The highest BCUT2D eigenvalue weighted by atomic mass is 32.2. The van der Waals surface area contributed by atoms with Gasteiger partial charge in [-0.2, -0.15) is 5.10 Å². The summed E-state index contributed by atoms with van der Waals surface area (Å²) in [6.45, 7) is 0. The maximum atomic E-state index is 11.7. The fourth-order valence-corrected chi connectivity index (χ4v) is 2.57. The lowest BCUT2D eigenvalue weighted by Gasteiger charge is -2.03. The highest BCUT2D eigenvalue weighted by Gasteiger charge is 2.01. The largest absolute Gasteiger partial charge is 0.507 e. The van der Waals surface area contributed by atoms with Crippen LogP contribution in [0.5, 0.6) is 11.5 Å². The molecule has 0 aliphatic heterocycles. The van der Waals surface area contributed by atoms with E-state index in [1.54, 1.807) is 31.4 Å². The fourth-order valence-electron chi connectivity index (χ4n) is 1.79. The minimum Gasteiger partial charge on any atom is -0.507 e. The lowest BCUT2D eigenvalue weighted by Crippen LogP contribution is -2.19. The summed E-state index contributed by atoms with van der Waals surface area (Å²) in [6, 6.07) is 14.5. The van der Waals surface area contributed by atoms with E-state index in [1.165, 1.54) is 18.0 Å². The zero-order valence-electron chi connectivity index (χ0n) is 12.7. The molecule has 120 valence electrons. The van der Waals surface area contributed by atoms with Crippen molar-refractivity contribution in [2.45, 2.75) is 5.75 Å². The third-order valence-electron chi connectivity index (χ3n) is 2.99. The number of carbonyl (C=O) groups excluding carboxylic acids is 1.